The Kier molecular flexibility index (Phi) is 4.94. The number of hydrogen-bond donors (Lipinski definition) is 2. The van der Waals surface area contributed by atoms with Gasteiger partial charge in [-0.15, -0.1) is 0 Å². The molecular weight excluding hydrogens is 218 g/mol. The van der Waals surface area contributed by atoms with Crippen molar-refractivity contribution >= 4 is 17.6 Å². The zero-order valence-corrected chi connectivity index (χ0v) is 9.64. The first-order valence-corrected chi connectivity index (χ1v) is 5.36. The second-order valence-electron chi connectivity index (χ2n) is 3.58. The lowest BCUT2D eigenvalue weighted by Crippen LogP contribution is -2.08. The molecule has 0 aliphatic rings. The molecule has 0 saturated carbocycles. The molecular formula is C13H15NO3. The minimum atomic E-state index is -0.826. The molecule has 4 heteroatoms. The van der Waals surface area contributed by atoms with Crippen molar-refractivity contribution in [3.8, 4) is 0 Å². The highest BCUT2D eigenvalue weighted by Crippen LogP contribution is 2.12. The minimum Gasteiger partial charge on any atom is -0.481 e. The van der Waals surface area contributed by atoms with Crippen molar-refractivity contribution in [2.75, 3.05) is 5.32 Å². The van der Waals surface area contributed by atoms with E-state index >= 15 is 0 Å². The first-order valence-electron chi connectivity index (χ1n) is 5.36. The van der Waals surface area contributed by atoms with Gasteiger partial charge in [-0.25, -0.2) is 0 Å². The highest BCUT2D eigenvalue weighted by atomic mass is 16.4. The lowest BCUT2D eigenvalue weighted by atomic mass is 10.1. The third kappa shape index (κ3) is 4.97. The predicted molar refractivity (Wildman–Crippen MR) is 65.8 cm³/mol. The van der Waals surface area contributed by atoms with Gasteiger partial charge in [0.15, 0.2) is 0 Å². The third-order valence-electron chi connectivity index (χ3n) is 2.14. The van der Waals surface area contributed by atoms with Crippen molar-refractivity contribution in [2.24, 2.45) is 0 Å². The predicted octanol–water partition coefficient (Wildman–Crippen LogP) is 2.22. The Bertz CT molecular complexity index is 438. The topological polar surface area (TPSA) is 66.4 Å². The maximum absolute atomic E-state index is 11.3. The molecule has 90 valence electrons. The largest absolute Gasteiger partial charge is 0.481 e. The number of allylic oxidation sites excluding steroid dienone is 1. The zero-order chi connectivity index (χ0) is 12.7. The van der Waals surface area contributed by atoms with Crippen LogP contribution in [-0.2, 0) is 16.0 Å². The van der Waals surface area contributed by atoms with E-state index < -0.39 is 5.97 Å². The van der Waals surface area contributed by atoms with Crippen LogP contribution in [0.1, 0.15) is 18.9 Å². The summed E-state index contributed by atoms with van der Waals surface area (Å²) < 4.78 is 0. The summed E-state index contributed by atoms with van der Waals surface area (Å²) in [5.74, 6) is -1.02. The van der Waals surface area contributed by atoms with E-state index in [1.54, 1.807) is 31.2 Å². The molecule has 0 bridgehead atoms. The van der Waals surface area contributed by atoms with Gasteiger partial charge in [-0.05, 0) is 37.1 Å². The van der Waals surface area contributed by atoms with Crippen LogP contribution >= 0.6 is 0 Å². The molecule has 2 N–H and O–H groups in total. The fraction of sp³-hybridized carbons (Fsp3) is 0.231. The Morgan fingerprint density at radius 1 is 1.41 bits per heavy atom. The maximum atomic E-state index is 11.3. The SMILES string of the molecule is C/C=C/C(=O)Nc1cccc(CCC(=O)O)c1. The number of aliphatic carboxylic acids is 1. The molecule has 1 aromatic rings. The van der Waals surface area contributed by atoms with E-state index in [1.165, 1.54) is 6.08 Å². The Labute approximate surface area is 100.0 Å². The van der Waals surface area contributed by atoms with Gasteiger partial charge in [0.05, 0.1) is 0 Å². The van der Waals surface area contributed by atoms with Crippen LogP contribution in [0.5, 0.6) is 0 Å². The number of hydrogen-bond acceptors (Lipinski definition) is 2. The van der Waals surface area contributed by atoms with Gasteiger partial charge in [0.25, 0.3) is 0 Å². The summed E-state index contributed by atoms with van der Waals surface area (Å²) in [7, 11) is 0. The summed E-state index contributed by atoms with van der Waals surface area (Å²) in [6.07, 6.45) is 3.64. The van der Waals surface area contributed by atoms with Crippen molar-refractivity contribution in [3.05, 3.63) is 42.0 Å². The molecule has 17 heavy (non-hydrogen) atoms. The molecule has 0 saturated heterocycles. The number of nitrogens with one attached hydrogen (secondary N) is 1. The van der Waals surface area contributed by atoms with Crippen LogP contribution < -0.4 is 5.32 Å². The fourth-order valence-corrected chi connectivity index (χ4v) is 1.39. The van der Waals surface area contributed by atoms with Crippen LogP contribution in [0.4, 0.5) is 5.69 Å². The van der Waals surface area contributed by atoms with Gasteiger partial charge in [-0.2, -0.15) is 0 Å². The monoisotopic (exact) mass is 233 g/mol. The van der Waals surface area contributed by atoms with E-state index in [2.05, 4.69) is 5.32 Å². The number of amides is 1. The van der Waals surface area contributed by atoms with Gasteiger partial charge >= 0.3 is 5.97 Å². The highest BCUT2D eigenvalue weighted by Gasteiger charge is 2.01. The normalized spacial score (nSPS) is 10.4. The van der Waals surface area contributed by atoms with Gasteiger partial charge in [0.2, 0.25) is 5.91 Å². The molecule has 1 rings (SSSR count). The molecule has 0 spiro atoms. The van der Waals surface area contributed by atoms with Crippen LogP contribution in [0, 0.1) is 0 Å². The Morgan fingerprint density at radius 2 is 2.18 bits per heavy atom. The molecule has 1 aromatic carbocycles. The van der Waals surface area contributed by atoms with E-state index in [0.717, 1.165) is 5.56 Å². The maximum Gasteiger partial charge on any atom is 0.303 e. The van der Waals surface area contributed by atoms with Crippen molar-refractivity contribution < 1.29 is 14.7 Å². The summed E-state index contributed by atoms with van der Waals surface area (Å²) in [6, 6.07) is 7.19. The quantitative estimate of drug-likeness (QED) is 0.766. The summed E-state index contributed by atoms with van der Waals surface area (Å²) in [5.41, 5.74) is 1.57. The van der Waals surface area contributed by atoms with Gasteiger partial charge in [0.1, 0.15) is 0 Å². The Morgan fingerprint density at radius 3 is 2.82 bits per heavy atom. The van der Waals surface area contributed by atoms with Crippen LogP contribution in [0.3, 0.4) is 0 Å². The average Bonchev–Trinajstić information content (AvgIpc) is 2.27. The fourth-order valence-electron chi connectivity index (χ4n) is 1.39. The number of anilines is 1. The summed E-state index contributed by atoms with van der Waals surface area (Å²) >= 11 is 0. The van der Waals surface area contributed by atoms with E-state index in [9.17, 15) is 9.59 Å². The lowest BCUT2D eigenvalue weighted by molar-refractivity contribution is -0.137. The number of aryl methyl sites for hydroxylation is 1. The molecule has 0 fully saturated rings. The van der Waals surface area contributed by atoms with Crippen molar-refractivity contribution in [3.63, 3.8) is 0 Å². The van der Waals surface area contributed by atoms with Gasteiger partial charge < -0.3 is 10.4 Å². The van der Waals surface area contributed by atoms with Crippen LogP contribution in [0.15, 0.2) is 36.4 Å². The van der Waals surface area contributed by atoms with Crippen molar-refractivity contribution in [1.29, 1.82) is 0 Å². The average molecular weight is 233 g/mol. The number of carboxylic acid groups (broad SMARTS) is 1. The van der Waals surface area contributed by atoms with Gasteiger partial charge in [-0.1, -0.05) is 18.2 Å². The molecule has 0 heterocycles. The molecule has 0 aromatic heterocycles. The smallest absolute Gasteiger partial charge is 0.303 e. The van der Waals surface area contributed by atoms with E-state index in [1.807, 2.05) is 6.07 Å². The molecule has 0 aliphatic heterocycles. The Balaban J connectivity index is 2.65. The first kappa shape index (κ1) is 13.0. The molecule has 4 nitrogen and oxygen atoms in total. The molecule has 0 aliphatic carbocycles. The first-order chi connectivity index (χ1) is 8.11. The van der Waals surface area contributed by atoms with E-state index in [4.69, 9.17) is 5.11 Å². The summed E-state index contributed by atoms with van der Waals surface area (Å²) in [5, 5.41) is 11.3. The minimum absolute atomic E-state index is 0.0895. The van der Waals surface area contributed by atoms with Crippen LogP contribution in [-0.4, -0.2) is 17.0 Å². The number of carboxylic acids is 1. The van der Waals surface area contributed by atoms with E-state index in [-0.39, 0.29) is 12.3 Å². The number of rotatable bonds is 5. The lowest BCUT2D eigenvalue weighted by Gasteiger charge is -2.04. The van der Waals surface area contributed by atoms with Crippen molar-refractivity contribution in [2.45, 2.75) is 19.8 Å². The number of carbonyl (C=O) groups excluding carboxylic acids is 1. The van der Waals surface area contributed by atoms with Gasteiger partial charge in [0, 0.05) is 12.1 Å². The molecule has 0 radical (unpaired) electrons. The van der Waals surface area contributed by atoms with Crippen molar-refractivity contribution in [1.82, 2.24) is 0 Å². The van der Waals surface area contributed by atoms with Crippen LogP contribution in [0.25, 0.3) is 0 Å². The molecule has 1 amide bonds. The zero-order valence-electron chi connectivity index (χ0n) is 9.64. The molecule has 0 unspecified atom stereocenters. The second-order valence-corrected chi connectivity index (χ2v) is 3.58. The highest BCUT2D eigenvalue weighted by molar-refractivity contribution is 5.99. The number of carbonyl (C=O) groups is 2. The number of benzene rings is 1. The Hall–Kier alpha value is -2.10. The van der Waals surface area contributed by atoms with Crippen LogP contribution in [0.2, 0.25) is 0 Å². The summed E-state index contributed by atoms with van der Waals surface area (Å²) in [4.78, 5) is 21.7. The third-order valence-corrected chi connectivity index (χ3v) is 2.14. The van der Waals surface area contributed by atoms with Gasteiger partial charge in [-0.3, -0.25) is 9.59 Å². The molecule has 0 atom stereocenters. The van der Waals surface area contributed by atoms with E-state index in [0.29, 0.717) is 12.1 Å². The standard InChI is InChI=1S/C13H15NO3/c1-2-4-12(15)14-11-6-3-5-10(9-11)7-8-13(16)17/h2-6,9H,7-8H2,1H3,(H,14,15)(H,16,17)/b4-2+. The second kappa shape index (κ2) is 6.48. The summed E-state index contributed by atoms with van der Waals surface area (Å²) in [6.45, 7) is 1.77.